The van der Waals surface area contributed by atoms with Crippen LogP contribution in [0.25, 0.3) is 32.2 Å². The molecule has 4 heterocycles. The molecule has 0 radical (unpaired) electrons. The van der Waals surface area contributed by atoms with Crippen molar-refractivity contribution in [3.63, 3.8) is 0 Å². The summed E-state index contributed by atoms with van der Waals surface area (Å²) in [6, 6.07) is 2.35. The fourth-order valence-corrected chi connectivity index (χ4v) is 7.54. The molecule has 0 amide bonds. The van der Waals surface area contributed by atoms with Crippen molar-refractivity contribution in [2.75, 3.05) is 37.9 Å². The molecule has 0 unspecified atom stereocenters. The van der Waals surface area contributed by atoms with Crippen LogP contribution in [0.3, 0.4) is 0 Å². The van der Waals surface area contributed by atoms with Gasteiger partial charge in [-0.2, -0.15) is 23.1 Å². The van der Waals surface area contributed by atoms with Crippen LogP contribution in [0.5, 0.6) is 6.01 Å². The van der Waals surface area contributed by atoms with Crippen molar-refractivity contribution in [3.05, 3.63) is 35.4 Å². The van der Waals surface area contributed by atoms with Gasteiger partial charge in [0.25, 0.3) is 0 Å². The molecule has 8 nitrogen and oxygen atoms in total. The minimum atomic E-state index is -5.01. The third-order valence-corrected chi connectivity index (χ3v) is 9.89. The first kappa shape index (κ1) is 29.3. The summed E-state index contributed by atoms with van der Waals surface area (Å²) >= 11 is 0.750. The topological polar surface area (TPSA) is 98.4 Å². The minimum Gasteiger partial charge on any atom is -0.461 e. The molecule has 2 saturated heterocycles. The van der Waals surface area contributed by atoms with Gasteiger partial charge in [-0.1, -0.05) is 11.3 Å². The molecule has 1 saturated carbocycles. The second-order valence-electron chi connectivity index (χ2n) is 11.7. The number of thiazole rings is 1. The number of aromatic nitrogens is 3. The lowest BCUT2D eigenvalue weighted by atomic mass is 9.89. The predicted octanol–water partition coefficient (Wildman–Crippen LogP) is 6.33. The van der Waals surface area contributed by atoms with Crippen LogP contribution in [0.1, 0.15) is 37.7 Å². The van der Waals surface area contributed by atoms with Gasteiger partial charge in [0.05, 0.1) is 27.4 Å². The van der Waals surface area contributed by atoms with E-state index in [2.05, 4.69) is 20.3 Å². The first-order valence-electron chi connectivity index (χ1n) is 14.2. The number of hydrogen-bond acceptors (Lipinski definition) is 9. The van der Waals surface area contributed by atoms with Crippen molar-refractivity contribution in [1.29, 1.82) is 0 Å². The summed E-state index contributed by atoms with van der Waals surface area (Å²) in [5.74, 6) is -2.06. The Morgan fingerprint density at radius 1 is 1.16 bits per heavy atom. The maximum absolute atomic E-state index is 16.6. The number of methoxy groups -OCH3 is 1. The molecule has 0 spiro atoms. The number of alkyl halides is 4. The molecule has 4 aromatic rings. The van der Waals surface area contributed by atoms with E-state index in [-0.39, 0.29) is 63.3 Å². The first-order chi connectivity index (χ1) is 21.0. The van der Waals surface area contributed by atoms with Gasteiger partial charge in [0, 0.05) is 42.6 Å². The highest BCUT2D eigenvalue weighted by Gasteiger charge is 2.49. The number of halogens is 6. The number of nitrogens with one attached hydrogen (secondary N) is 1. The maximum Gasteiger partial charge on any atom is 0.417 e. The van der Waals surface area contributed by atoms with Crippen molar-refractivity contribution < 1.29 is 35.8 Å². The number of ether oxygens (including phenoxy) is 2. The molecule has 7 rings (SSSR count). The summed E-state index contributed by atoms with van der Waals surface area (Å²) in [6.45, 7) is 1.06. The molecule has 234 valence electrons. The van der Waals surface area contributed by atoms with E-state index in [0.717, 1.165) is 42.5 Å². The van der Waals surface area contributed by atoms with Gasteiger partial charge in [0.2, 0.25) is 0 Å². The zero-order chi connectivity index (χ0) is 31.0. The van der Waals surface area contributed by atoms with E-state index in [1.165, 1.54) is 0 Å². The predicted molar refractivity (Wildman–Crippen MR) is 153 cm³/mol. The number of fused-ring (bicyclic) bond motifs is 3. The Bertz CT molecular complexity index is 1760. The van der Waals surface area contributed by atoms with Gasteiger partial charge in [-0.3, -0.25) is 4.90 Å². The monoisotopic (exact) mass is 638 g/mol. The Kier molecular flexibility index (Phi) is 7.05. The smallest absolute Gasteiger partial charge is 0.417 e. The third-order valence-electron chi connectivity index (χ3n) is 9.00. The Hall–Kier alpha value is -3.43. The fourth-order valence-electron chi connectivity index (χ4n) is 6.78. The standard InChI is InChI=1S/C29H28F6N6O2S/c1-42-15-7-14(8-15)37-25-17-9-18(29(33,34)35)20(16-3-4-19(31)24-23(16)38-26(36)44-24)21(32)22(17)39-27(40-25)43-12-28-5-2-6-41(28)11-13(30)10-28/h3-4,9,13-15H,2,5-8,10-12H2,1H3,(H2,36,38)(H,37,39,40)/t13-,14-,15+,28+/m1/s1. The molecular weight excluding hydrogens is 610 g/mol. The largest absolute Gasteiger partial charge is 0.461 e. The van der Waals surface area contributed by atoms with Crippen molar-refractivity contribution >= 4 is 43.4 Å². The van der Waals surface area contributed by atoms with Crippen LogP contribution in [0.15, 0.2) is 18.2 Å². The number of nitrogens with zero attached hydrogens (tertiary/aromatic N) is 4. The van der Waals surface area contributed by atoms with Gasteiger partial charge in [-0.15, -0.1) is 0 Å². The van der Waals surface area contributed by atoms with Crippen molar-refractivity contribution in [1.82, 2.24) is 19.9 Å². The quantitative estimate of drug-likeness (QED) is 0.227. The molecule has 3 fully saturated rings. The zero-order valence-electron chi connectivity index (χ0n) is 23.5. The maximum atomic E-state index is 16.6. The molecule has 2 aromatic carbocycles. The molecule has 3 aliphatic rings. The SMILES string of the molecule is CO[C@H]1C[C@@H](Nc2nc(OC[C@@]34CCCN3C[C@H](F)C4)nc3c(F)c(-c4ccc(F)c5sc(N)nc45)c(C(F)(F)F)cc23)C1. The van der Waals surface area contributed by atoms with Gasteiger partial charge < -0.3 is 20.5 Å². The van der Waals surface area contributed by atoms with Gasteiger partial charge >= 0.3 is 12.2 Å². The summed E-state index contributed by atoms with van der Waals surface area (Å²) in [5, 5.41) is 2.84. The Balaban J connectivity index is 1.38. The van der Waals surface area contributed by atoms with E-state index < -0.39 is 46.2 Å². The highest BCUT2D eigenvalue weighted by atomic mass is 32.1. The van der Waals surface area contributed by atoms with Crippen LogP contribution in [0, 0.1) is 11.6 Å². The summed E-state index contributed by atoms with van der Waals surface area (Å²) in [6.07, 6.45) is -3.05. The molecule has 2 atom stereocenters. The summed E-state index contributed by atoms with van der Waals surface area (Å²) in [5.41, 5.74) is 2.18. The number of nitrogen functional groups attached to an aromatic ring is 1. The molecular formula is C29H28F6N6O2S. The van der Waals surface area contributed by atoms with E-state index in [1.807, 2.05) is 4.90 Å². The van der Waals surface area contributed by atoms with Crippen LogP contribution in [0.2, 0.25) is 0 Å². The minimum absolute atomic E-state index is 0.0275. The van der Waals surface area contributed by atoms with Crippen LogP contribution in [-0.2, 0) is 10.9 Å². The highest BCUT2D eigenvalue weighted by molar-refractivity contribution is 7.22. The molecule has 1 aliphatic carbocycles. The molecule has 15 heteroatoms. The Morgan fingerprint density at radius 3 is 2.70 bits per heavy atom. The zero-order valence-corrected chi connectivity index (χ0v) is 24.3. The van der Waals surface area contributed by atoms with Crippen molar-refractivity contribution in [3.8, 4) is 17.1 Å². The second kappa shape index (κ2) is 10.6. The fraction of sp³-hybridized carbons (Fsp3) is 0.483. The highest BCUT2D eigenvalue weighted by Crippen LogP contribution is 2.46. The number of anilines is 2. The normalized spacial score (nSPS) is 25.5. The van der Waals surface area contributed by atoms with E-state index in [9.17, 15) is 22.0 Å². The molecule has 3 N–H and O–H groups in total. The number of benzene rings is 2. The van der Waals surface area contributed by atoms with E-state index >= 15 is 4.39 Å². The van der Waals surface area contributed by atoms with Crippen LogP contribution in [0.4, 0.5) is 37.3 Å². The van der Waals surface area contributed by atoms with E-state index in [1.54, 1.807) is 7.11 Å². The molecule has 0 bridgehead atoms. The van der Waals surface area contributed by atoms with Crippen LogP contribution >= 0.6 is 11.3 Å². The number of rotatable bonds is 7. The first-order valence-corrected chi connectivity index (χ1v) is 15.0. The number of hydrogen-bond donors (Lipinski definition) is 2. The van der Waals surface area contributed by atoms with Crippen LogP contribution in [-0.4, -0.2) is 70.5 Å². The molecule has 2 aliphatic heterocycles. The second-order valence-corrected chi connectivity index (χ2v) is 12.8. The van der Waals surface area contributed by atoms with Crippen molar-refractivity contribution in [2.24, 2.45) is 0 Å². The van der Waals surface area contributed by atoms with Crippen molar-refractivity contribution in [2.45, 2.75) is 62.1 Å². The van der Waals surface area contributed by atoms with Gasteiger partial charge in [0.15, 0.2) is 10.9 Å². The van der Waals surface area contributed by atoms with Crippen LogP contribution < -0.4 is 15.8 Å². The third kappa shape index (κ3) is 4.88. The lowest BCUT2D eigenvalue weighted by Gasteiger charge is -2.35. The van der Waals surface area contributed by atoms with E-state index in [0.29, 0.717) is 25.8 Å². The average Bonchev–Trinajstić information content (AvgIpc) is 3.61. The average molecular weight is 639 g/mol. The Morgan fingerprint density at radius 2 is 1.95 bits per heavy atom. The van der Waals surface area contributed by atoms with Gasteiger partial charge in [-0.25, -0.2) is 18.2 Å². The number of nitrogens with two attached hydrogens (primary N) is 1. The molecule has 2 aromatic heterocycles. The lowest BCUT2D eigenvalue weighted by Crippen LogP contribution is -2.43. The van der Waals surface area contributed by atoms with Gasteiger partial charge in [-0.05, 0) is 50.4 Å². The lowest BCUT2D eigenvalue weighted by molar-refractivity contribution is -0.137. The molecule has 44 heavy (non-hydrogen) atoms. The van der Waals surface area contributed by atoms with E-state index in [4.69, 9.17) is 15.2 Å². The summed E-state index contributed by atoms with van der Waals surface area (Å²) < 4.78 is 101. The Labute approximate surface area is 251 Å². The summed E-state index contributed by atoms with van der Waals surface area (Å²) in [7, 11) is 1.57. The van der Waals surface area contributed by atoms with Gasteiger partial charge in [0.1, 0.15) is 29.9 Å². The summed E-state index contributed by atoms with van der Waals surface area (Å²) in [4.78, 5) is 14.7.